The first-order valence-electron chi connectivity index (χ1n) is 9.00. The van der Waals surface area contributed by atoms with Crippen LogP contribution < -0.4 is 10.9 Å². The molecule has 0 bridgehead atoms. The van der Waals surface area contributed by atoms with Crippen molar-refractivity contribution in [2.75, 3.05) is 5.32 Å². The Morgan fingerprint density at radius 1 is 0.931 bits per heavy atom. The lowest BCUT2D eigenvalue weighted by Crippen LogP contribution is -2.27. The van der Waals surface area contributed by atoms with Gasteiger partial charge in [-0.05, 0) is 34.7 Å². The van der Waals surface area contributed by atoms with Crippen LogP contribution in [0.15, 0.2) is 88.1 Å². The third-order valence-electron chi connectivity index (χ3n) is 4.70. The van der Waals surface area contributed by atoms with Gasteiger partial charge >= 0.3 is 6.09 Å². The van der Waals surface area contributed by atoms with Crippen LogP contribution in [0.25, 0.3) is 21.9 Å². The average Bonchev–Trinajstić information content (AvgIpc) is 2.72. The predicted molar refractivity (Wildman–Crippen MR) is 119 cm³/mol. The van der Waals surface area contributed by atoms with Crippen LogP contribution in [0, 0.1) is 0 Å². The van der Waals surface area contributed by atoms with Crippen LogP contribution in [0.2, 0.25) is 0 Å². The summed E-state index contributed by atoms with van der Waals surface area (Å²) in [6, 6.07) is 24.4. The maximum absolute atomic E-state index is 13.3. The van der Waals surface area contributed by atoms with E-state index in [0.717, 1.165) is 15.6 Å². The number of amides is 1. The lowest BCUT2D eigenvalue weighted by atomic mass is 9.99. The number of anilines is 1. The molecule has 0 radical (unpaired) electrons. The normalized spacial score (nSPS) is 10.8. The SMILES string of the molecule is O=C(O)Nc1c(-c2ccccc2)c2cc(Br)ccc2c(=O)n1Cc1ccccc1. The van der Waals surface area contributed by atoms with E-state index in [4.69, 9.17) is 0 Å². The molecule has 0 aliphatic carbocycles. The molecule has 1 heterocycles. The minimum Gasteiger partial charge on any atom is -0.465 e. The van der Waals surface area contributed by atoms with Gasteiger partial charge in [0, 0.05) is 15.4 Å². The van der Waals surface area contributed by atoms with Gasteiger partial charge in [0.15, 0.2) is 0 Å². The van der Waals surface area contributed by atoms with E-state index in [2.05, 4.69) is 21.2 Å². The molecule has 29 heavy (non-hydrogen) atoms. The summed E-state index contributed by atoms with van der Waals surface area (Å²) in [5, 5.41) is 13.2. The standard InChI is InChI=1S/C23H17BrN2O3/c24-17-11-12-18-19(13-17)20(16-9-5-2-6-10-16)21(25-23(28)29)26(22(18)27)14-15-7-3-1-4-8-15/h1-13,25H,14H2,(H,28,29). The number of benzene rings is 3. The van der Waals surface area contributed by atoms with Crippen LogP contribution in [0.1, 0.15) is 5.56 Å². The zero-order valence-corrected chi connectivity index (χ0v) is 16.9. The van der Waals surface area contributed by atoms with Crippen LogP contribution in [-0.2, 0) is 6.54 Å². The number of nitrogens with one attached hydrogen (secondary N) is 1. The summed E-state index contributed by atoms with van der Waals surface area (Å²) in [7, 11) is 0. The van der Waals surface area contributed by atoms with E-state index in [1.807, 2.05) is 72.8 Å². The summed E-state index contributed by atoms with van der Waals surface area (Å²) in [4.78, 5) is 25.0. The maximum atomic E-state index is 13.3. The quantitative estimate of drug-likeness (QED) is 0.428. The van der Waals surface area contributed by atoms with Crippen molar-refractivity contribution in [3.05, 3.63) is 99.3 Å². The van der Waals surface area contributed by atoms with Gasteiger partial charge in [-0.15, -0.1) is 0 Å². The number of rotatable bonds is 4. The number of halogens is 1. The Morgan fingerprint density at radius 2 is 1.59 bits per heavy atom. The fourth-order valence-corrected chi connectivity index (χ4v) is 3.83. The Kier molecular flexibility index (Phi) is 5.18. The molecule has 6 heteroatoms. The number of aromatic nitrogens is 1. The molecule has 2 N–H and O–H groups in total. The molecular formula is C23H17BrN2O3. The summed E-state index contributed by atoms with van der Waals surface area (Å²) in [6.07, 6.45) is -1.22. The van der Waals surface area contributed by atoms with Gasteiger partial charge in [0.05, 0.1) is 6.54 Å². The van der Waals surface area contributed by atoms with E-state index in [1.165, 1.54) is 4.57 Å². The number of nitrogens with zero attached hydrogens (tertiary/aromatic N) is 1. The van der Waals surface area contributed by atoms with Gasteiger partial charge in [0.2, 0.25) is 0 Å². The van der Waals surface area contributed by atoms with Gasteiger partial charge < -0.3 is 5.11 Å². The third-order valence-corrected chi connectivity index (χ3v) is 5.20. The van der Waals surface area contributed by atoms with E-state index >= 15 is 0 Å². The van der Waals surface area contributed by atoms with Gasteiger partial charge in [-0.1, -0.05) is 76.6 Å². The maximum Gasteiger partial charge on any atom is 0.410 e. The van der Waals surface area contributed by atoms with Crippen molar-refractivity contribution in [3.8, 4) is 11.1 Å². The van der Waals surface area contributed by atoms with Crippen LogP contribution in [0.5, 0.6) is 0 Å². The van der Waals surface area contributed by atoms with Crippen molar-refractivity contribution < 1.29 is 9.90 Å². The Balaban J connectivity index is 2.11. The molecule has 0 spiro atoms. The van der Waals surface area contributed by atoms with Crippen LogP contribution in [-0.4, -0.2) is 15.8 Å². The molecule has 4 rings (SSSR count). The smallest absolute Gasteiger partial charge is 0.410 e. The minimum absolute atomic E-state index is 0.250. The van der Waals surface area contributed by atoms with Gasteiger partial charge in [0.25, 0.3) is 5.56 Å². The molecule has 0 saturated heterocycles. The molecule has 1 amide bonds. The van der Waals surface area contributed by atoms with E-state index in [0.29, 0.717) is 16.3 Å². The van der Waals surface area contributed by atoms with Gasteiger partial charge in [0.1, 0.15) is 5.82 Å². The molecule has 5 nitrogen and oxygen atoms in total. The highest BCUT2D eigenvalue weighted by molar-refractivity contribution is 9.10. The topological polar surface area (TPSA) is 71.3 Å². The second kappa shape index (κ2) is 7.93. The molecule has 0 fully saturated rings. The Morgan fingerprint density at radius 3 is 2.24 bits per heavy atom. The first-order valence-corrected chi connectivity index (χ1v) is 9.79. The monoisotopic (exact) mass is 448 g/mol. The van der Waals surface area contributed by atoms with Crippen molar-refractivity contribution in [2.24, 2.45) is 0 Å². The lowest BCUT2D eigenvalue weighted by molar-refractivity contribution is 0.209. The second-order valence-electron chi connectivity index (χ2n) is 6.59. The lowest BCUT2D eigenvalue weighted by Gasteiger charge is -2.20. The van der Waals surface area contributed by atoms with E-state index in [1.54, 1.807) is 6.07 Å². The molecule has 3 aromatic carbocycles. The molecule has 0 aliphatic rings. The van der Waals surface area contributed by atoms with Crippen LogP contribution in [0.3, 0.4) is 0 Å². The fourth-order valence-electron chi connectivity index (χ4n) is 3.46. The minimum atomic E-state index is -1.22. The zero-order valence-electron chi connectivity index (χ0n) is 15.3. The van der Waals surface area contributed by atoms with Gasteiger partial charge in [-0.2, -0.15) is 0 Å². The zero-order chi connectivity index (χ0) is 20.4. The molecule has 1 aromatic heterocycles. The number of pyridine rings is 1. The molecular weight excluding hydrogens is 432 g/mol. The van der Waals surface area contributed by atoms with Crippen molar-refractivity contribution in [1.29, 1.82) is 0 Å². The average molecular weight is 449 g/mol. The Hall–Kier alpha value is -3.38. The van der Waals surface area contributed by atoms with Crippen LogP contribution in [0.4, 0.5) is 10.6 Å². The van der Waals surface area contributed by atoms with Crippen LogP contribution >= 0.6 is 15.9 Å². The third kappa shape index (κ3) is 3.79. The van der Waals surface area contributed by atoms with E-state index < -0.39 is 6.09 Å². The second-order valence-corrected chi connectivity index (χ2v) is 7.50. The molecule has 4 aromatic rings. The van der Waals surface area contributed by atoms with Gasteiger partial charge in [-0.3, -0.25) is 14.7 Å². The fraction of sp³-hybridized carbons (Fsp3) is 0.0435. The number of carbonyl (C=O) groups is 1. The summed E-state index contributed by atoms with van der Waals surface area (Å²) in [5.41, 5.74) is 2.14. The Bertz CT molecular complexity index is 1250. The molecule has 0 atom stereocenters. The number of fused-ring (bicyclic) bond motifs is 1. The largest absolute Gasteiger partial charge is 0.465 e. The highest BCUT2D eigenvalue weighted by Gasteiger charge is 2.20. The van der Waals surface area contributed by atoms with Crippen molar-refractivity contribution in [1.82, 2.24) is 4.57 Å². The van der Waals surface area contributed by atoms with E-state index in [-0.39, 0.29) is 17.9 Å². The summed E-state index contributed by atoms with van der Waals surface area (Å²) < 4.78 is 2.30. The highest BCUT2D eigenvalue weighted by Crippen LogP contribution is 2.35. The number of hydrogen-bond acceptors (Lipinski definition) is 2. The number of carboxylic acid groups (broad SMARTS) is 1. The molecule has 0 saturated carbocycles. The highest BCUT2D eigenvalue weighted by atomic mass is 79.9. The molecule has 0 aliphatic heterocycles. The summed E-state index contributed by atoms with van der Waals surface area (Å²) in [6.45, 7) is 0.251. The number of hydrogen-bond donors (Lipinski definition) is 2. The molecule has 0 unspecified atom stereocenters. The molecule has 144 valence electrons. The summed E-state index contributed by atoms with van der Waals surface area (Å²) >= 11 is 3.47. The van der Waals surface area contributed by atoms with Crippen molar-refractivity contribution in [3.63, 3.8) is 0 Å². The summed E-state index contributed by atoms with van der Waals surface area (Å²) in [5.74, 6) is 0.253. The first kappa shape index (κ1) is 19.0. The first-order chi connectivity index (χ1) is 14.0. The Labute approximate surface area is 175 Å². The van der Waals surface area contributed by atoms with Gasteiger partial charge in [-0.25, -0.2) is 4.79 Å². The predicted octanol–water partition coefficient (Wildman–Crippen LogP) is 5.57. The van der Waals surface area contributed by atoms with E-state index in [9.17, 15) is 14.7 Å². The van der Waals surface area contributed by atoms with Crippen molar-refractivity contribution in [2.45, 2.75) is 6.54 Å². The van der Waals surface area contributed by atoms with Crippen molar-refractivity contribution >= 4 is 38.6 Å².